The molecule has 2 atom stereocenters. The molecule has 6 nitrogen and oxygen atoms in total. The molecule has 0 radical (unpaired) electrons. The minimum absolute atomic E-state index is 0.0707. The number of nitrogens with zero attached hydrogens (tertiary/aromatic N) is 3. The zero-order valence-electron chi connectivity index (χ0n) is 15.0. The van der Waals surface area contributed by atoms with E-state index in [4.69, 9.17) is 0 Å². The predicted octanol–water partition coefficient (Wildman–Crippen LogP) is 2.96. The monoisotopic (exact) mass is 352 g/mol. The number of aromatic nitrogens is 2. The fourth-order valence-electron chi connectivity index (χ4n) is 3.16. The van der Waals surface area contributed by atoms with E-state index in [1.165, 1.54) is 17.8 Å². The van der Waals surface area contributed by atoms with Gasteiger partial charge in [-0.2, -0.15) is 0 Å². The van der Waals surface area contributed by atoms with E-state index in [1.807, 2.05) is 4.90 Å². The van der Waals surface area contributed by atoms with E-state index >= 15 is 0 Å². The second-order valence-electron chi connectivity index (χ2n) is 7.39. The molecular formula is C17H28N4O2S. The van der Waals surface area contributed by atoms with Crippen LogP contribution in [0, 0.1) is 17.8 Å². The standard InChI is InChI=1S/C17H28N4O2S/c1-11(2)7-15-19-20-17(24-15)18-14(22)5-6-16(23)21-9-12(3)8-13(4)10-21/h11-13H,5-10H2,1-4H3,(H,18,20,22)/t12-,13-/m0/s1. The maximum atomic E-state index is 12.3. The Balaban J connectivity index is 1.76. The number of piperidine rings is 1. The molecule has 0 bridgehead atoms. The molecule has 2 rings (SSSR count). The summed E-state index contributed by atoms with van der Waals surface area (Å²) in [6, 6.07) is 0. The average molecular weight is 353 g/mol. The lowest BCUT2D eigenvalue weighted by Gasteiger charge is -2.35. The van der Waals surface area contributed by atoms with Crippen molar-refractivity contribution in [1.82, 2.24) is 15.1 Å². The zero-order chi connectivity index (χ0) is 17.7. The summed E-state index contributed by atoms with van der Waals surface area (Å²) in [4.78, 5) is 26.2. The van der Waals surface area contributed by atoms with Gasteiger partial charge < -0.3 is 10.2 Å². The van der Waals surface area contributed by atoms with Gasteiger partial charge in [0.05, 0.1) is 0 Å². The van der Waals surface area contributed by atoms with Gasteiger partial charge in [0.25, 0.3) is 0 Å². The van der Waals surface area contributed by atoms with E-state index in [0.29, 0.717) is 22.9 Å². The molecule has 1 aromatic rings. The molecule has 1 fully saturated rings. The minimum atomic E-state index is -0.172. The third-order valence-electron chi connectivity index (χ3n) is 4.08. The largest absolute Gasteiger partial charge is 0.342 e. The van der Waals surface area contributed by atoms with Gasteiger partial charge in [0.2, 0.25) is 16.9 Å². The predicted molar refractivity (Wildman–Crippen MR) is 95.8 cm³/mol. The molecule has 1 aromatic heterocycles. The van der Waals surface area contributed by atoms with Crippen LogP contribution in [-0.4, -0.2) is 40.0 Å². The van der Waals surface area contributed by atoms with Crippen LogP contribution >= 0.6 is 11.3 Å². The number of rotatable bonds is 6. The molecule has 0 unspecified atom stereocenters. The molecule has 7 heteroatoms. The Morgan fingerprint density at radius 2 is 1.88 bits per heavy atom. The van der Waals surface area contributed by atoms with Crippen LogP contribution in [-0.2, 0) is 16.0 Å². The lowest BCUT2D eigenvalue weighted by molar-refractivity contribution is -0.135. The molecule has 2 heterocycles. The van der Waals surface area contributed by atoms with Gasteiger partial charge >= 0.3 is 0 Å². The molecule has 0 saturated carbocycles. The van der Waals surface area contributed by atoms with Crippen molar-refractivity contribution in [2.24, 2.45) is 17.8 Å². The summed E-state index contributed by atoms with van der Waals surface area (Å²) in [5.74, 6) is 1.48. The van der Waals surface area contributed by atoms with E-state index in [9.17, 15) is 9.59 Å². The van der Waals surface area contributed by atoms with Crippen LogP contribution in [0.2, 0.25) is 0 Å². The maximum absolute atomic E-state index is 12.3. The molecule has 0 spiro atoms. The Bertz CT molecular complexity index is 563. The summed E-state index contributed by atoms with van der Waals surface area (Å²) in [5, 5.41) is 12.2. The topological polar surface area (TPSA) is 75.2 Å². The van der Waals surface area contributed by atoms with Crippen molar-refractivity contribution in [1.29, 1.82) is 0 Å². The Morgan fingerprint density at radius 1 is 1.21 bits per heavy atom. The number of carbonyl (C=O) groups excluding carboxylic acids is 2. The zero-order valence-corrected chi connectivity index (χ0v) is 15.9. The summed E-state index contributed by atoms with van der Waals surface area (Å²) in [6.07, 6.45) is 2.47. The number of amides is 2. The van der Waals surface area contributed by atoms with Gasteiger partial charge in [0.1, 0.15) is 5.01 Å². The van der Waals surface area contributed by atoms with Gasteiger partial charge in [0, 0.05) is 32.4 Å². The first-order chi connectivity index (χ1) is 11.3. The fourth-order valence-corrected chi connectivity index (χ4v) is 4.13. The third kappa shape index (κ3) is 5.85. The van der Waals surface area contributed by atoms with E-state index in [1.54, 1.807) is 0 Å². The van der Waals surface area contributed by atoms with Gasteiger partial charge in [-0.15, -0.1) is 10.2 Å². The highest BCUT2D eigenvalue weighted by Crippen LogP contribution is 2.22. The van der Waals surface area contributed by atoms with Crippen molar-refractivity contribution in [3.63, 3.8) is 0 Å². The fraction of sp³-hybridized carbons (Fsp3) is 0.765. The van der Waals surface area contributed by atoms with Crippen molar-refractivity contribution in [2.45, 2.75) is 53.4 Å². The van der Waals surface area contributed by atoms with Crippen LogP contribution in [0.4, 0.5) is 5.13 Å². The average Bonchev–Trinajstić information content (AvgIpc) is 2.89. The Kier molecular flexibility index (Phi) is 6.71. The van der Waals surface area contributed by atoms with Gasteiger partial charge in [-0.3, -0.25) is 9.59 Å². The quantitative estimate of drug-likeness (QED) is 0.854. The highest BCUT2D eigenvalue weighted by Gasteiger charge is 2.25. The number of anilines is 1. The van der Waals surface area contributed by atoms with Gasteiger partial charge in [-0.1, -0.05) is 39.0 Å². The molecule has 2 amide bonds. The first kappa shape index (κ1) is 18.8. The summed E-state index contributed by atoms with van der Waals surface area (Å²) in [6.45, 7) is 10.2. The smallest absolute Gasteiger partial charge is 0.226 e. The van der Waals surface area contributed by atoms with Crippen molar-refractivity contribution < 1.29 is 9.59 Å². The van der Waals surface area contributed by atoms with Crippen molar-refractivity contribution in [3.8, 4) is 0 Å². The van der Waals surface area contributed by atoms with Crippen molar-refractivity contribution in [2.75, 3.05) is 18.4 Å². The molecule has 0 aromatic carbocycles. The first-order valence-electron chi connectivity index (χ1n) is 8.73. The maximum Gasteiger partial charge on any atom is 0.226 e. The number of nitrogens with one attached hydrogen (secondary N) is 1. The highest BCUT2D eigenvalue weighted by molar-refractivity contribution is 7.15. The summed E-state index contributed by atoms with van der Waals surface area (Å²) < 4.78 is 0. The van der Waals surface area contributed by atoms with Gasteiger partial charge in [-0.05, 0) is 24.2 Å². The highest BCUT2D eigenvalue weighted by atomic mass is 32.1. The van der Waals surface area contributed by atoms with Crippen LogP contribution in [0.1, 0.15) is 52.0 Å². The van der Waals surface area contributed by atoms with Crippen LogP contribution in [0.25, 0.3) is 0 Å². The summed E-state index contributed by atoms with van der Waals surface area (Å²) in [5.41, 5.74) is 0. The van der Waals surface area contributed by atoms with Crippen molar-refractivity contribution >= 4 is 28.3 Å². The molecule has 1 saturated heterocycles. The summed E-state index contributed by atoms with van der Waals surface area (Å²) in [7, 11) is 0. The SMILES string of the molecule is CC(C)Cc1nnc(NC(=O)CCC(=O)N2C[C@@H](C)C[C@H](C)C2)s1. The Hall–Kier alpha value is -1.50. The van der Waals surface area contributed by atoms with Gasteiger partial charge in [-0.25, -0.2) is 0 Å². The first-order valence-corrected chi connectivity index (χ1v) is 9.55. The second kappa shape index (κ2) is 8.55. The molecule has 1 aliphatic rings. The number of carbonyl (C=O) groups is 2. The van der Waals surface area contributed by atoms with Gasteiger partial charge in [0.15, 0.2) is 0 Å². The van der Waals surface area contributed by atoms with Crippen molar-refractivity contribution in [3.05, 3.63) is 5.01 Å². The normalized spacial score (nSPS) is 21.1. The Morgan fingerprint density at radius 3 is 2.50 bits per heavy atom. The molecule has 1 aliphatic heterocycles. The van der Waals surface area contributed by atoms with Crippen LogP contribution in [0.5, 0.6) is 0 Å². The second-order valence-corrected chi connectivity index (χ2v) is 8.45. The minimum Gasteiger partial charge on any atom is -0.342 e. The Labute approximate surface area is 148 Å². The van der Waals surface area contributed by atoms with E-state index in [2.05, 4.69) is 43.2 Å². The summed E-state index contributed by atoms with van der Waals surface area (Å²) >= 11 is 1.40. The molecule has 1 N–H and O–H groups in total. The third-order valence-corrected chi connectivity index (χ3v) is 4.94. The number of hydrogen-bond donors (Lipinski definition) is 1. The van der Waals surface area contributed by atoms with Crippen LogP contribution in [0.3, 0.4) is 0 Å². The lowest BCUT2D eigenvalue weighted by atomic mass is 9.91. The van der Waals surface area contributed by atoms with E-state index in [-0.39, 0.29) is 24.7 Å². The lowest BCUT2D eigenvalue weighted by Crippen LogP contribution is -2.42. The number of likely N-dealkylation sites (tertiary alicyclic amines) is 1. The van der Waals surface area contributed by atoms with E-state index < -0.39 is 0 Å². The van der Waals surface area contributed by atoms with Crippen LogP contribution < -0.4 is 5.32 Å². The van der Waals surface area contributed by atoms with E-state index in [0.717, 1.165) is 24.5 Å². The molecule has 134 valence electrons. The molecule has 0 aliphatic carbocycles. The molecule has 24 heavy (non-hydrogen) atoms. The van der Waals surface area contributed by atoms with Crippen LogP contribution in [0.15, 0.2) is 0 Å². The molecular weight excluding hydrogens is 324 g/mol. The number of hydrogen-bond acceptors (Lipinski definition) is 5.